The fourth-order valence-electron chi connectivity index (χ4n) is 12.7. The van der Waals surface area contributed by atoms with E-state index in [0.29, 0.717) is 30.2 Å². The number of hydrogen-bond acceptors (Lipinski definition) is 16. The van der Waals surface area contributed by atoms with E-state index in [4.69, 9.17) is 16.3 Å². The number of amides is 4. The molecule has 4 aromatic heterocycles. The Morgan fingerprint density at radius 1 is 0.663 bits per heavy atom. The topological polar surface area (TPSA) is 299 Å². The standard InChI is InChI=1S/C31H44N6O6S.C22H35N3O6S.C9H10ClN3/c1-20(2)37-26-18-32-14-13-24(26)33-30(37)43-23-15-25-27(38)17-31(29(40)34-44(41,42)35(4)5)16-22(31)12-10-8-6-7-9-11-21(3)28(39)36(25)19-23;1-15-9-7-5-4-6-8-10-16-12-22(16,21(29)23-32(30,31)24(2)3)13-19(27)18-11-17(26)14-25(18)20(15)28;1-6(2)13-8-5-11-4-3-7(8)12-9(13)10/h10,12-14,18,20-23,25H,6-9,11,15-17,19H2,1-5H3,(H,34,40);8,10,15-18,26H,4-7,9,11-14H2,1-3H3,(H,23,29);3-6H,1-2H3/b12-10-;10-8-;/t21-,22+,23+,25-,31+;15-,16+,17+,18-,22+;/m00./s1. The molecule has 4 aromatic rings. The first-order valence-corrected chi connectivity index (χ1v) is 34.4. The van der Waals surface area contributed by atoms with Crippen molar-refractivity contribution in [3.8, 4) is 6.01 Å². The Kier molecular flexibility index (Phi) is 22.0. The van der Waals surface area contributed by atoms with E-state index < -0.39 is 67.4 Å². The number of pyridine rings is 2. The van der Waals surface area contributed by atoms with Crippen LogP contribution in [0.3, 0.4) is 0 Å². The van der Waals surface area contributed by atoms with Gasteiger partial charge in [-0.2, -0.15) is 30.4 Å². The van der Waals surface area contributed by atoms with Gasteiger partial charge in [-0.3, -0.25) is 43.3 Å². The molecule has 488 valence electrons. The van der Waals surface area contributed by atoms with E-state index in [1.807, 2.05) is 73.3 Å². The van der Waals surface area contributed by atoms with Crippen LogP contribution in [0.15, 0.2) is 61.2 Å². The lowest BCUT2D eigenvalue weighted by Crippen LogP contribution is -2.47. The van der Waals surface area contributed by atoms with Gasteiger partial charge in [0.15, 0.2) is 11.6 Å². The van der Waals surface area contributed by atoms with E-state index in [1.165, 1.54) is 33.1 Å². The summed E-state index contributed by atoms with van der Waals surface area (Å²) in [4.78, 5) is 101. The Morgan fingerprint density at radius 2 is 1.11 bits per heavy atom. The Balaban J connectivity index is 0.000000197. The predicted octanol–water partition coefficient (Wildman–Crippen LogP) is 7.06. The number of aromatic nitrogens is 6. The van der Waals surface area contributed by atoms with Gasteiger partial charge in [-0.15, -0.1) is 0 Å². The number of fused-ring (bicyclic) bond motifs is 6. The monoisotopic (exact) mass is 1290 g/mol. The summed E-state index contributed by atoms with van der Waals surface area (Å²) < 4.78 is 66.0. The highest BCUT2D eigenvalue weighted by Gasteiger charge is 2.62. The molecule has 27 heteroatoms. The molecule has 0 unspecified atom stereocenters. The molecule has 4 fully saturated rings. The van der Waals surface area contributed by atoms with Crippen LogP contribution in [0.5, 0.6) is 6.01 Å². The molecular weight excluding hydrogens is 1200 g/mol. The normalized spacial score (nSPS) is 28.9. The van der Waals surface area contributed by atoms with Crippen LogP contribution in [0.25, 0.3) is 22.1 Å². The van der Waals surface area contributed by atoms with E-state index in [2.05, 4.69) is 43.2 Å². The first-order valence-electron chi connectivity index (χ1n) is 31.1. The summed E-state index contributed by atoms with van der Waals surface area (Å²) in [5.74, 6) is -3.20. The van der Waals surface area contributed by atoms with Crippen molar-refractivity contribution in [1.29, 1.82) is 0 Å². The van der Waals surface area contributed by atoms with E-state index >= 15 is 0 Å². The Morgan fingerprint density at radius 3 is 1.58 bits per heavy atom. The number of imidazole rings is 2. The number of hydrogen-bond donors (Lipinski definition) is 3. The van der Waals surface area contributed by atoms with Crippen molar-refractivity contribution >= 4 is 89.3 Å². The van der Waals surface area contributed by atoms with Gasteiger partial charge >= 0.3 is 20.4 Å². The summed E-state index contributed by atoms with van der Waals surface area (Å²) in [6, 6.07) is 2.84. The van der Waals surface area contributed by atoms with E-state index in [0.717, 1.165) is 94.9 Å². The van der Waals surface area contributed by atoms with Gasteiger partial charge in [-0.05, 0) is 115 Å². The smallest absolute Gasteiger partial charge is 0.303 e. The maximum absolute atomic E-state index is 14.1. The molecule has 8 heterocycles. The number of aliphatic hydroxyl groups excluding tert-OH is 1. The SMILES string of the molecule is CC(C)n1c(Cl)nc2ccncc21.CC(C)n1c(O[C@@H]2C[C@H]3C(=O)C[C@]4(C(=O)NS(=O)(=O)N(C)C)C[C@H]4/C=C\CCCCC[C@H](C)C(=O)N3C2)nc2ccncc21.C[C@H]1CCCCC/C=C\[C@@H]2C[C@@]2(C(=O)NS(=O)(=O)N(C)C)CC(=O)[C@@H]2C[C@@H](O)CN2C1=O. The van der Waals surface area contributed by atoms with Crippen LogP contribution in [-0.4, -0.2) is 170 Å². The molecule has 0 aromatic carbocycles. The summed E-state index contributed by atoms with van der Waals surface area (Å²) in [7, 11) is -2.70. The molecule has 4 aliphatic heterocycles. The van der Waals surface area contributed by atoms with Gasteiger partial charge in [0.2, 0.25) is 28.9 Å². The van der Waals surface area contributed by atoms with Crippen LogP contribution in [0.4, 0.5) is 0 Å². The first kappa shape index (κ1) is 68.7. The molecule has 6 aliphatic rings. The Labute approximate surface area is 528 Å². The maximum Gasteiger partial charge on any atom is 0.303 e. The first-order chi connectivity index (χ1) is 42.0. The number of aliphatic hydroxyl groups is 1. The number of allylic oxidation sites excluding steroid dienone is 4. The molecule has 0 radical (unpaired) electrons. The van der Waals surface area contributed by atoms with Crippen LogP contribution in [0.2, 0.25) is 5.28 Å². The van der Waals surface area contributed by atoms with Crippen molar-refractivity contribution in [3.05, 3.63) is 66.5 Å². The van der Waals surface area contributed by atoms with E-state index in [9.17, 15) is 50.7 Å². The third kappa shape index (κ3) is 15.8. The van der Waals surface area contributed by atoms with Crippen molar-refractivity contribution in [2.45, 2.75) is 181 Å². The number of nitrogens with one attached hydrogen (secondary N) is 2. The molecule has 0 bridgehead atoms. The zero-order chi connectivity index (χ0) is 64.9. The molecule has 10 atom stereocenters. The lowest BCUT2D eigenvalue weighted by molar-refractivity contribution is -0.142. The fraction of sp³-hybridized carbons (Fsp3) is 0.645. The number of carbonyl (C=O) groups excluding carboxylic acids is 6. The lowest BCUT2D eigenvalue weighted by Gasteiger charge is -2.28. The average Bonchev–Trinajstić information content (AvgIpc) is 1.67. The largest absolute Gasteiger partial charge is 0.459 e. The summed E-state index contributed by atoms with van der Waals surface area (Å²) in [6.45, 7) is 12.3. The summed E-state index contributed by atoms with van der Waals surface area (Å²) in [5, 5.41) is 10.7. The highest BCUT2D eigenvalue weighted by Crippen LogP contribution is 2.58. The predicted molar refractivity (Wildman–Crippen MR) is 336 cm³/mol. The summed E-state index contributed by atoms with van der Waals surface area (Å²) in [5.41, 5.74) is 1.13. The van der Waals surface area contributed by atoms with Gasteiger partial charge in [0.25, 0.3) is 6.01 Å². The second-order valence-electron chi connectivity index (χ2n) is 25.9. The van der Waals surface area contributed by atoms with Gasteiger partial charge in [0, 0.05) is 96.7 Å². The second kappa shape index (κ2) is 28.5. The number of halogens is 1. The van der Waals surface area contributed by atoms with Crippen LogP contribution < -0.4 is 14.2 Å². The van der Waals surface area contributed by atoms with Crippen LogP contribution in [0, 0.1) is 34.5 Å². The number of Topliss-reactive ketones (excluding diaryl/α,β-unsaturated/α-hetero) is 2. The number of ether oxygens (including phenoxy) is 1. The molecular formula is C62H89ClN12O12S2. The van der Waals surface area contributed by atoms with Gasteiger partial charge in [0.1, 0.15) is 6.10 Å². The minimum absolute atomic E-state index is 0.0334. The van der Waals surface area contributed by atoms with Gasteiger partial charge in [-0.25, -0.2) is 14.4 Å². The molecule has 3 N–H and O–H groups in total. The molecule has 2 saturated carbocycles. The molecule has 89 heavy (non-hydrogen) atoms. The van der Waals surface area contributed by atoms with Crippen molar-refractivity contribution in [1.82, 2.24) is 56.9 Å². The zero-order valence-corrected chi connectivity index (χ0v) is 55.3. The van der Waals surface area contributed by atoms with Crippen LogP contribution in [-0.2, 0) is 49.2 Å². The zero-order valence-electron chi connectivity index (χ0n) is 52.9. The van der Waals surface area contributed by atoms with Crippen molar-refractivity contribution < 1.29 is 55.4 Å². The summed E-state index contributed by atoms with van der Waals surface area (Å²) >= 11 is 5.99. The highest BCUT2D eigenvalue weighted by molar-refractivity contribution is 7.88. The number of carbonyl (C=O) groups is 6. The molecule has 10 rings (SSSR count). The van der Waals surface area contributed by atoms with Crippen molar-refractivity contribution in [2.75, 3.05) is 41.3 Å². The minimum atomic E-state index is -4.04. The number of nitrogens with zero attached hydrogens (tertiary/aromatic N) is 10. The molecule has 4 amide bonds. The van der Waals surface area contributed by atoms with Crippen molar-refractivity contribution in [3.63, 3.8) is 0 Å². The molecule has 2 aliphatic carbocycles. The minimum Gasteiger partial charge on any atom is -0.459 e. The number of rotatable bonds is 10. The van der Waals surface area contributed by atoms with Crippen LogP contribution in [0.1, 0.15) is 156 Å². The van der Waals surface area contributed by atoms with Gasteiger partial charge < -0.3 is 24.2 Å². The lowest BCUT2D eigenvalue weighted by atomic mass is 9.91. The van der Waals surface area contributed by atoms with Crippen LogP contribution >= 0.6 is 11.6 Å². The third-order valence-corrected chi connectivity index (χ3v) is 21.3. The van der Waals surface area contributed by atoms with Crippen molar-refractivity contribution in [2.24, 2.45) is 34.5 Å². The fourth-order valence-corrected chi connectivity index (χ4v) is 14.3. The van der Waals surface area contributed by atoms with Gasteiger partial charge in [-0.1, -0.05) is 63.8 Å². The molecule has 2 saturated heterocycles. The number of ketones is 2. The second-order valence-corrected chi connectivity index (χ2v) is 30.0. The quantitative estimate of drug-likeness (QED) is 0.134. The third-order valence-electron chi connectivity index (χ3n) is 18.2. The summed E-state index contributed by atoms with van der Waals surface area (Å²) in [6.07, 6.45) is 23.1. The van der Waals surface area contributed by atoms with Gasteiger partial charge in [0.05, 0.1) is 70.0 Å². The van der Waals surface area contributed by atoms with E-state index in [1.54, 1.807) is 29.7 Å². The molecule has 0 spiro atoms. The van der Waals surface area contributed by atoms with E-state index in [-0.39, 0.29) is 91.9 Å². The maximum atomic E-state index is 14.1. The Hall–Kier alpha value is -6.19. The average molecular weight is 1290 g/mol. The highest BCUT2D eigenvalue weighted by atomic mass is 35.5. The Bertz CT molecular complexity index is 3550. The molecule has 24 nitrogen and oxygen atoms in total.